The molecule has 0 heterocycles. The summed E-state index contributed by atoms with van der Waals surface area (Å²) in [6.45, 7) is 7.86. The van der Waals surface area contributed by atoms with Crippen molar-refractivity contribution in [1.29, 1.82) is 0 Å². The molecule has 0 aliphatic carbocycles. The summed E-state index contributed by atoms with van der Waals surface area (Å²) in [5.74, 6) is -0.484. The van der Waals surface area contributed by atoms with Crippen LogP contribution in [0.4, 0.5) is 5.69 Å². The summed E-state index contributed by atoms with van der Waals surface area (Å²) < 4.78 is 28.9. The maximum absolute atomic E-state index is 14.1. The second-order valence-electron chi connectivity index (χ2n) is 10.1. The van der Waals surface area contributed by atoms with Gasteiger partial charge >= 0.3 is 0 Å². The van der Waals surface area contributed by atoms with E-state index in [0.29, 0.717) is 35.7 Å². The Morgan fingerprint density at radius 1 is 0.950 bits per heavy atom. The van der Waals surface area contributed by atoms with Gasteiger partial charge < -0.3 is 10.2 Å². The highest BCUT2D eigenvalue weighted by atomic mass is 35.5. The lowest BCUT2D eigenvalue weighted by Crippen LogP contribution is -2.53. The lowest BCUT2D eigenvalue weighted by Gasteiger charge is -2.33. The number of hydrogen-bond donors (Lipinski definition) is 1. The third kappa shape index (κ3) is 8.08. The van der Waals surface area contributed by atoms with Gasteiger partial charge in [-0.2, -0.15) is 0 Å². The van der Waals surface area contributed by atoms with Crippen LogP contribution in [0.3, 0.4) is 0 Å². The van der Waals surface area contributed by atoms with Crippen molar-refractivity contribution in [1.82, 2.24) is 10.2 Å². The average Bonchev–Trinajstić information content (AvgIpc) is 2.94. The monoisotopic (exact) mass is 583 g/mol. The molecule has 0 aliphatic heterocycles. The first-order chi connectivity index (χ1) is 19.0. The van der Waals surface area contributed by atoms with E-state index in [2.05, 4.69) is 5.32 Å². The van der Waals surface area contributed by atoms with Crippen molar-refractivity contribution < 1.29 is 18.0 Å². The maximum atomic E-state index is 14.1. The molecule has 9 heteroatoms. The van der Waals surface area contributed by atoms with E-state index in [1.165, 1.54) is 17.0 Å². The number of nitrogens with zero attached hydrogens (tertiary/aromatic N) is 2. The molecule has 3 rings (SSSR count). The molecule has 0 spiro atoms. The molecule has 40 heavy (non-hydrogen) atoms. The third-order valence-corrected chi connectivity index (χ3v) is 8.61. The highest BCUT2D eigenvalue weighted by Crippen LogP contribution is 2.30. The largest absolute Gasteiger partial charge is 0.354 e. The summed E-state index contributed by atoms with van der Waals surface area (Å²) in [6, 6.07) is 21.9. The molecular weight excluding hydrogens is 546 g/mol. The zero-order valence-corrected chi connectivity index (χ0v) is 25.1. The normalized spacial score (nSPS) is 12.2. The Labute approximate surface area is 243 Å². The number of carbonyl (C=O) groups is 2. The number of amides is 2. The lowest BCUT2D eigenvalue weighted by atomic mass is 10.1. The molecule has 0 fully saturated rings. The first kappa shape index (κ1) is 31.2. The molecule has 3 aromatic carbocycles. The molecule has 3 aromatic rings. The van der Waals surface area contributed by atoms with E-state index in [0.717, 1.165) is 9.87 Å². The molecule has 0 unspecified atom stereocenters. The van der Waals surface area contributed by atoms with Gasteiger partial charge in [-0.3, -0.25) is 13.9 Å². The SMILES string of the molecule is CC[C@@H](C(=O)NCC(C)C)N(CCc1ccccc1)C(=O)CN(c1cc(Cl)ccc1C)S(=O)(=O)c1ccccc1. The number of rotatable bonds is 13. The molecule has 0 aromatic heterocycles. The van der Waals surface area contributed by atoms with Gasteiger partial charge in [-0.05, 0) is 61.1 Å². The van der Waals surface area contributed by atoms with Crippen LogP contribution in [0.25, 0.3) is 0 Å². The van der Waals surface area contributed by atoms with E-state index < -0.39 is 28.5 Å². The fraction of sp³-hybridized carbons (Fsp3) is 0.355. The molecule has 0 aliphatic rings. The zero-order chi connectivity index (χ0) is 29.3. The van der Waals surface area contributed by atoms with E-state index in [1.807, 2.05) is 51.1 Å². The van der Waals surface area contributed by atoms with Crippen molar-refractivity contribution in [3.05, 3.63) is 95.0 Å². The van der Waals surface area contributed by atoms with Crippen molar-refractivity contribution in [2.45, 2.75) is 51.5 Å². The number of halogens is 1. The van der Waals surface area contributed by atoms with E-state index in [-0.39, 0.29) is 23.3 Å². The van der Waals surface area contributed by atoms with Gasteiger partial charge in [0.1, 0.15) is 12.6 Å². The summed E-state index contributed by atoms with van der Waals surface area (Å²) >= 11 is 6.28. The number of carbonyl (C=O) groups excluding carboxylic acids is 2. The van der Waals surface area contributed by atoms with Gasteiger partial charge in [-0.25, -0.2) is 8.42 Å². The van der Waals surface area contributed by atoms with Gasteiger partial charge in [0.15, 0.2) is 0 Å². The lowest BCUT2D eigenvalue weighted by molar-refractivity contribution is -0.139. The molecule has 2 amide bonds. The van der Waals surface area contributed by atoms with Crippen LogP contribution < -0.4 is 9.62 Å². The minimum absolute atomic E-state index is 0.0553. The predicted octanol–water partition coefficient (Wildman–Crippen LogP) is 5.47. The van der Waals surface area contributed by atoms with E-state index in [4.69, 9.17) is 11.6 Å². The Balaban J connectivity index is 2.02. The molecule has 214 valence electrons. The van der Waals surface area contributed by atoms with E-state index >= 15 is 0 Å². The minimum Gasteiger partial charge on any atom is -0.354 e. The number of nitrogens with one attached hydrogen (secondary N) is 1. The number of aryl methyl sites for hydroxylation is 1. The number of sulfonamides is 1. The molecule has 1 N–H and O–H groups in total. The Bertz CT molecular complexity index is 1380. The predicted molar refractivity (Wildman–Crippen MR) is 161 cm³/mol. The fourth-order valence-electron chi connectivity index (χ4n) is 4.40. The molecule has 0 radical (unpaired) electrons. The van der Waals surface area contributed by atoms with Gasteiger partial charge in [0.25, 0.3) is 10.0 Å². The molecule has 0 bridgehead atoms. The smallest absolute Gasteiger partial charge is 0.264 e. The van der Waals surface area contributed by atoms with Crippen LogP contribution in [0.5, 0.6) is 0 Å². The summed E-state index contributed by atoms with van der Waals surface area (Å²) in [7, 11) is -4.14. The van der Waals surface area contributed by atoms with Gasteiger partial charge in [0.2, 0.25) is 11.8 Å². The van der Waals surface area contributed by atoms with Crippen LogP contribution in [0.15, 0.2) is 83.8 Å². The number of hydrogen-bond acceptors (Lipinski definition) is 4. The second-order valence-corrected chi connectivity index (χ2v) is 12.4. The van der Waals surface area contributed by atoms with E-state index in [9.17, 15) is 18.0 Å². The molecule has 1 atom stereocenters. The summed E-state index contributed by atoms with van der Waals surface area (Å²) in [4.78, 5) is 28.9. The van der Waals surface area contributed by atoms with Crippen LogP contribution in [0.2, 0.25) is 5.02 Å². The van der Waals surface area contributed by atoms with Gasteiger partial charge in [-0.1, -0.05) is 87.0 Å². The van der Waals surface area contributed by atoms with Crippen molar-refractivity contribution in [3.8, 4) is 0 Å². The zero-order valence-electron chi connectivity index (χ0n) is 23.5. The van der Waals surface area contributed by atoms with Gasteiger partial charge in [-0.15, -0.1) is 0 Å². The number of benzene rings is 3. The van der Waals surface area contributed by atoms with Crippen LogP contribution in [-0.2, 0) is 26.0 Å². The van der Waals surface area contributed by atoms with Crippen molar-refractivity contribution in [2.75, 3.05) is 23.9 Å². The van der Waals surface area contributed by atoms with Gasteiger partial charge in [0.05, 0.1) is 10.6 Å². The highest BCUT2D eigenvalue weighted by molar-refractivity contribution is 7.92. The van der Waals surface area contributed by atoms with Crippen molar-refractivity contribution in [2.24, 2.45) is 5.92 Å². The van der Waals surface area contributed by atoms with E-state index in [1.54, 1.807) is 43.3 Å². The summed E-state index contributed by atoms with van der Waals surface area (Å²) in [5.41, 5.74) is 1.97. The minimum atomic E-state index is -4.14. The Hall–Kier alpha value is -3.36. The quantitative estimate of drug-likeness (QED) is 0.289. The first-order valence-corrected chi connectivity index (χ1v) is 15.3. The standard InChI is InChI=1S/C31H38ClN3O4S/c1-5-28(31(37)33-21-23(2)3)34(19-18-25-12-8-6-9-13-25)30(36)22-35(29-20-26(32)17-16-24(29)4)40(38,39)27-14-10-7-11-15-27/h6-17,20,23,28H,5,18-19,21-22H2,1-4H3,(H,33,37)/t28-/m0/s1. The second kappa shape index (κ2) is 14.3. The average molecular weight is 584 g/mol. The first-order valence-electron chi connectivity index (χ1n) is 13.5. The fourth-order valence-corrected chi connectivity index (χ4v) is 6.06. The number of anilines is 1. The van der Waals surface area contributed by atoms with Crippen LogP contribution in [-0.4, -0.2) is 50.8 Å². The van der Waals surface area contributed by atoms with Crippen molar-refractivity contribution >= 4 is 39.1 Å². The highest BCUT2D eigenvalue weighted by Gasteiger charge is 2.34. The topological polar surface area (TPSA) is 86.8 Å². The summed E-state index contributed by atoms with van der Waals surface area (Å²) in [6.07, 6.45) is 0.897. The Morgan fingerprint density at radius 2 is 1.57 bits per heavy atom. The molecule has 0 saturated heterocycles. The molecular formula is C31H38ClN3O4S. The van der Waals surface area contributed by atoms with Crippen LogP contribution in [0.1, 0.15) is 38.3 Å². The van der Waals surface area contributed by atoms with Crippen molar-refractivity contribution in [3.63, 3.8) is 0 Å². The van der Waals surface area contributed by atoms with Gasteiger partial charge in [0, 0.05) is 18.1 Å². The summed E-state index contributed by atoms with van der Waals surface area (Å²) in [5, 5.41) is 3.29. The third-order valence-electron chi connectivity index (χ3n) is 6.60. The Kier molecular flexibility index (Phi) is 11.2. The molecule has 0 saturated carbocycles. The van der Waals surface area contributed by atoms with Crippen LogP contribution in [0, 0.1) is 12.8 Å². The van der Waals surface area contributed by atoms with Crippen LogP contribution >= 0.6 is 11.6 Å². The molecule has 7 nitrogen and oxygen atoms in total. The maximum Gasteiger partial charge on any atom is 0.264 e. The Morgan fingerprint density at radius 3 is 2.17 bits per heavy atom.